The van der Waals surface area contributed by atoms with Gasteiger partial charge in [0.25, 0.3) is 5.91 Å². The minimum Gasteiger partial charge on any atom is -0.477 e. The van der Waals surface area contributed by atoms with Gasteiger partial charge in [0.1, 0.15) is 5.76 Å². The first kappa shape index (κ1) is 15.6. The molecule has 122 valence electrons. The van der Waals surface area contributed by atoms with E-state index >= 15 is 0 Å². The molecule has 3 rings (SSSR count). The van der Waals surface area contributed by atoms with Crippen LogP contribution < -0.4 is 10.1 Å². The van der Waals surface area contributed by atoms with Crippen LogP contribution in [0.1, 0.15) is 29.0 Å². The molecule has 3 heterocycles. The SMILES string of the molecule is O=C(NCc1ccco1)c1ccc(OCC2CCOCC2)nc1. The summed E-state index contributed by atoms with van der Waals surface area (Å²) in [7, 11) is 0. The number of ether oxygens (including phenoxy) is 2. The molecule has 2 aromatic heterocycles. The molecule has 1 fully saturated rings. The van der Waals surface area contributed by atoms with Crippen molar-refractivity contribution < 1.29 is 18.7 Å². The average molecular weight is 316 g/mol. The Morgan fingerprint density at radius 3 is 2.87 bits per heavy atom. The van der Waals surface area contributed by atoms with Crippen molar-refractivity contribution in [1.82, 2.24) is 10.3 Å². The van der Waals surface area contributed by atoms with Gasteiger partial charge in [-0.3, -0.25) is 4.79 Å². The maximum atomic E-state index is 12.0. The van der Waals surface area contributed by atoms with Crippen LogP contribution in [0.4, 0.5) is 0 Å². The third-order valence-corrected chi connectivity index (χ3v) is 3.81. The fourth-order valence-electron chi connectivity index (χ4n) is 2.40. The summed E-state index contributed by atoms with van der Waals surface area (Å²) in [6.45, 7) is 2.60. The van der Waals surface area contributed by atoms with Crippen molar-refractivity contribution in [2.45, 2.75) is 19.4 Å². The lowest BCUT2D eigenvalue weighted by molar-refractivity contribution is 0.0490. The molecule has 0 bridgehead atoms. The minimum absolute atomic E-state index is 0.190. The second-order valence-electron chi connectivity index (χ2n) is 5.51. The molecule has 1 N–H and O–H groups in total. The first-order chi connectivity index (χ1) is 11.3. The summed E-state index contributed by atoms with van der Waals surface area (Å²) in [5, 5.41) is 2.78. The van der Waals surface area contributed by atoms with E-state index in [9.17, 15) is 4.79 Å². The van der Waals surface area contributed by atoms with Crippen LogP contribution in [0.25, 0.3) is 0 Å². The number of hydrogen-bond acceptors (Lipinski definition) is 5. The Labute approximate surface area is 134 Å². The zero-order valence-corrected chi connectivity index (χ0v) is 12.9. The standard InChI is InChI=1S/C17H20N2O4/c20-17(19-11-15-2-1-7-22-15)14-3-4-16(18-10-14)23-12-13-5-8-21-9-6-13/h1-4,7,10,13H,5-6,8-9,11-12H2,(H,19,20). The van der Waals surface area contributed by atoms with Crippen LogP contribution in [0, 0.1) is 5.92 Å². The molecule has 23 heavy (non-hydrogen) atoms. The van der Waals surface area contributed by atoms with E-state index in [1.807, 2.05) is 6.07 Å². The Morgan fingerprint density at radius 2 is 2.17 bits per heavy atom. The molecular formula is C17H20N2O4. The van der Waals surface area contributed by atoms with Crippen molar-refractivity contribution >= 4 is 5.91 Å². The fourth-order valence-corrected chi connectivity index (χ4v) is 2.40. The molecule has 1 saturated heterocycles. The number of aromatic nitrogens is 1. The molecule has 6 heteroatoms. The molecule has 1 aliphatic heterocycles. The van der Waals surface area contributed by atoms with Gasteiger partial charge in [0.15, 0.2) is 0 Å². The summed E-state index contributed by atoms with van der Waals surface area (Å²) in [5.41, 5.74) is 0.495. The van der Waals surface area contributed by atoms with Gasteiger partial charge in [0.05, 0.1) is 25.0 Å². The van der Waals surface area contributed by atoms with Gasteiger partial charge in [-0.25, -0.2) is 4.98 Å². The Balaban J connectivity index is 1.46. The predicted molar refractivity (Wildman–Crippen MR) is 83.2 cm³/mol. The predicted octanol–water partition coefficient (Wildman–Crippen LogP) is 2.41. The first-order valence-corrected chi connectivity index (χ1v) is 7.78. The van der Waals surface area contributed by atoms with Crippen LogP contribution in [-0.4, -0.2) is 30.7 Å². The van der Waals surface area contributed by atoms with Crippen LogP contribution in [0.2, 0.25) is 0 Å². The normalized spacial score (nSPS) is 15.3. The van der Waals surface area contributed by atoms with Crippen LogP contribution >= 0.6 is 0 Å². The fraction of sp³-hybridized carbons (Fsp3) is 0.412. The lowest BCUT2D eigenvalue weighted by Crippen LogP contribution is -2.23. The van der Waals surface area contributed by atoms with E-state index < -0.39 is 0 Å². The Bertz CT molecular complexity index is 604. The smallest absolute Gasteiger partial charge is 0.253 e. The van der Waals surface area contributed by atoms with E-state index in [0.717, 1.165) is 26.1 Å². The number of rotatable bonds is 6. The van der Waals surface area contributed by atoms with E-state index in [-0.39, 0.29) is 5.91 Å². The van der Waals surface area contributed by atoms with Crippen molar-refractivity contribution in [3.8, 4) is 5.88 Å². The van der Waals surface area contributed by atoms with Crippen molar-refractivity contribution in [2.75, 3.05) is 19.8 Å². The number of carbonyl (C=O) groups is 1. The summed E-state index contributed by atoms with van der Waals surface area (Å²) >= 11 is 0. The summed E-state index contributed by atoms with van der Waals surface area (Å²) < 4.78 is 16.2. The minimum atomic E-state index is -0.190. The Morgan fingerprint density at radius 1 is 1.30 bits per heavy atom. The number of hydrogen-bond donors (Lipinski definition) is 1. The van der Waals surface area contributed by atoms with Crippen LogP contribution in [0.3, 0.4) is 0 Å². The third-order valence-electron chi connectivity index (χ3n) is 3.81. The summed E-state index contributed by atoms with van der Waals surface area (Å²) in [6, 6.07) is 7.03. The summed E-state index contributed by atoms with van der Waals surface area (Å²) in [4.78, 5) is 16.2. The summed E-state index contributed by atoms with van der Waals surface area (Å²) in [5.74, 6) is 1.58. The number of furan rings is 1. The number of pyridine rings is 1. The van der Waals surface area contributed by atoms with Gasteiger partial charge in [0, 0.05) is 25.5 Å². The zero-order chi connectivity index (χ0) is 15.9. The molecule has 0 aliphatic carbocycles. The molecule has 0 saturated carbocycles. The molecular weight excluding hydrogens is 296 g/mol. The lowest BCUT2D eigenvalue weighted by atomic mass is 10.0. The van der Waals surface area contributed by atoms with Crippen molar-refractivity contribution in [1.29, 1.82) is 0 Å². The number of carbonyl (C=O) groups excluding carboxylic acids is 1. The average Bonchev–Trinajstić information content (AvgIpc) is 3.13. The van der Waals surface area contributed by atoms with Gasteiger partial charge >= 0.3 is 0 Å². The number of nitrogens with zero attached hydrogens (tertiary/aromatic N) is 1. The Hall–Kier alpha value is -2.34. The van der Waals surface area contributed by atoms with Crippen LogP contribution in [0.15, 0.2) is 41.1 Å². The highest BCUT2D eigenvalue weighted by atomic mass is 16.5. The van der Waals surface area contributed by atoms with Crippen LogP contribution in [0.5, 0.6) is 5.88 Å². The summed E-state index contributed by atoms with van der Waals surface area (Å²) in [6.07, 6.45) is 5.14. The van der Waals surface area contributed by atoms with Crippen LogP contribution in [-0.2, 0) is 11.3 Å². The molecule has 0 aromatic carbocycles. The highest BCUT2D eigenvalue weighted by Crippen LogP contribution is 2.16. The van der Waals surface area contributed by atoms with E-state index in [1.165, 1.54) is 6.20 Å². The highest BCUT2D eigenvalue weighted by molar-refractivity contribution is 5.93. The van der Waals surface area contributed by atoms with Gasteiger partial charge < -0.3 is 19.2 Å². The molecule has 2 aromatic rings. The van der Waals surface area contributed by atoms with Crippen molar-refractivity contribution in [2.24, 2.45) is 5.92 Å². The van der Waals surface area contributed by atoms with Gasteiger partial charge in [-0.1, -0.05) is 0 Å². The second-order valence-corrected chi connectivity index (χ2v) is 5.51. The molecule has 1 aliphatic rings. The van der Waals surface area contributed by atoms with Gasteiger partial charge in [-0.2, -0.15) is 0 Å². The first-order valence-electron chi connectivity index (χ1n) is 7.78. The maximum Gasteiger partial charge on any atom is 0.253 e. The van der Waals surface area contributed by atoms with Gasteiger partial charge in [-0.15, -0.1) is 0 Å². The lowest BCUT2D eigenvalue weighted by Gasteiger charge is -2.21. The van der Waals surface area contributed by atoms with E-state index in [4.69, 9.17) is 13.9 Å². The zero-order valence-electron chi connectivity index (χ0n) is 12.9. The molecule has 0 atom stereocenters. The number of nitrogens with one attached hydrogen (secondary N) is 1. The van der Waals surface area contributed by atoms with E-state index in [1.54, 1.807) is 24.5 Å². The monoisotopic (exact) mass is 316 g/mol. The molecule has 0 radical (unpaired) electrons. The van der Waals surface area contributed by atoms with Crippen molar-refractivity contribution in [3.63, 3.8) is 0 Å². The highest BCUT2D eigenvalue weighted by Gasteiger charge is 2.15. The maximum absolute atomic E-state index is 12.0. The topological polar surface area (TPSA) is 73.6 Å². The number of amides is 1. The largest absolute Gasteiger partial charge is 0.477 e. The third kappa shape index (κ3) is 4.56. The molecule has 0 unspecified atom stereocenters. The van der Waals surface area contributed by atoms with Gasteiger partial charge in [-0.05, 0) is 37.0 Å². The molecule has 6 nitrogen and oxygen atoms in total. The van der Waals surface area contributed by atoms with E-state index in [0.29, 0.717) is 36.3 Å². The molecule has 1 amide bonds. The molecule has 0 spiro atoms. The Kier molecular flexibility index (Phi) is 5.26. The van der Waals surface area contributed by atoms with E-state index in [2.05, 4.69) is 10.3 Å². The van der Waals surface area contributed by atoms with Gasteiger partial charge in [0.2, 0.25) is 5.88 Å². The second kappa shape index (κ2) is 7.78. The van der Waals surface area contributed by atoms with Crippen molar-refractivity contribution in [3.05, 3.63) is 48.0 Å². The quantitative estimate of drug-likeness (QED) is 0.886.